The van der Waals surface area contributed by atoms with Crippen molar-refractivity contribution in [2.45, 2.75) is 11.1 Å². The molecule has 1 heterocycles. The predicted molar refractivity (Wildman–Crippen MR) is 103 cm³/mol. The molecule has 0 radical (unpaired) electrons. The van der Waals surface area contributed by atoms with Crippen LogP contribution < -0.4 is 4.74 Å². The zero-order valence-electron chi connectivity index (χ0n) is 14.6. The SMILES string of the molecule is N#CC(=Cc1sccc1Oc1ccccc1)S(=O)(=O)c1cccc(C(F)(F)F)c1. The van der Waals surface area contributed by atoms with Crippen LogP contribution >= 0.6 is 11.3 Å². The molecular weight excluding hydrogens is 423 g/mol. The molecule has 0 aliphatic rings. The van der Waals surface area contributed by atoms with Gasteiger partial charge in [0.1, 0.15) is 17.6 Å². The van der Waals surface area contributed by atoms with Gasteiger partial charge in [-0.15, -0.1) is 11.3 Å². The summed E-state index contributed by atoms with van der Waals surface area (Å²) in [6.07, 6.45) is -3.61. The fourth-order valence-corrected chi connectivity index (χ4v) is 4.38. The summed E-state index contributed by atoms with van der Waals surface area (Å²) in [5, 5.41) is 11.0. The first-order valence-electron chi connectivity index (χ1n) is 8.06. The quantitative estimate of drug-likeness (QED) is 0.468. The molecule has 29 heavy (non-hydrogen) atoms. The number of allylic oxidation sites excluding steroid dienone is 1. The summed E-state index contributed by atoms with van der Waals surface area (Å²) >= 11 is 1.13. The van der Waals surface area contributed by atoms with Crippen molar-refractivity contribution < 1.29 is 26.3 Å². The van der Waals surface area contributed by atoms with Gasteiger partial charge in [0.25, 0.3) is 0 Å². The summed E-state index contributed by atoms with van der Waals surface area (Å²) in [7, 11) is -4.45. The van der Waals surface area contributed by atoms with Crippen molar-refractivity contribution in [3.8, 4) is 17.6 Å². The summed E-state index contributed by atoms with van der Waals surface area (Å²) in [5.41, 5.74) is -1.11. The van der Waals surface area contributed by atoms with Gasteiger partial charge in [0.15, 0.2) is 4.91 Å². The van der Waals surface area contributed by atoms with E-state index < -0.39 is 31.4 Å². The van der Waals surface area contributed by atoms with Crippen molar-refractivity contribution in [3.05, 3.63) is 81.4 Å². The van der Waals surface area contributed by atoms with Crippen LogP contribution in [-0.2, 0) is 16.0 Å². The van der Waals surface area contributed by atoms with E-state index in [-0.39, 0.29) is 0 Å². The Bertz CT molecular complexity index is 1190. The molecular formula is C20H12F3NO3S2. The lowest BCUT2D eigenvalue weighted by Crippen LogP contribution is -2.08. The van der Waals surface area contributed by atoms with Crippen LogP contribution in [0.5, 0.6) is 11.5 Å². The summed E-state index contributed by atoms with van der Waals surface area (Å²) in [6, 6.07) is 15.2. The number of hydrogen-bond donors (Lipinski definition) is 0. The van der Waals surface area contributed by atoms with E-state index in [1.807, 2.05) is 0 Å². The van der Waals surface area contributed by atoms with Gasteiger partial charge in [-0.05, 0) is 47.9 Å². The lowest BCUT2D eigenvalue weighted by Gasteiger charge is -2.09. The smallest absolute Gasteiger partial charge is 0.416 e. The van der Waals surface area contributed by atoms with Gasteiger partial charge in [-0.3, -0.25) is 0 Å². The number of benzene rings is 2. The third-order valence-corrected chi connectivity index (χ3v) is 6.27. The van der Waals surface area contributed by atoms with Crippen LogP contribution in [0.1, 0.15) is 10.4 Å². The highest BCUT2D eigenvalue weighted by molar-refractivity contribution is 7.95. The number of para-hydroxylation sites is 1. The normalized spacial score (nSPS) is 12.4. The highest BCUT2D eigenvalue weighted by Crippen LogP contribution is 2.35. The van der Waals surface area contributed by atoms with Crippen molar-refractivity contribution in [2.75, 3.05) is 0 Å². The number of nitrogens with zero attached hydrogens (tertiary/aromatic N) is 1. The average molecular weight is 435 g/mol. The van der Waals surface area contributed by atoms with E-state index in [2.05, 4.69) is 0 Å². The Labute approximate surface area is 169 Å². The molecule has 0 amide bonds. The fourth-order valence-electron chi connectivity index (χ4n) is 2.37. The Morgan fingerprint density at radius 3 is 2.45 bits per heavy atom. The van der Waals surface area contributed by atoms with Crippen LogP contribution in [0.15, 0.2) is 75.8 Å². The molecule has 3 aromatic rings. The number of halogens is 3. The van der Waals surface area contributed by atoms with Crippen LogP contribution in [0.3, 0.4) is 0 Å². The highest BCUT2D eigenvalue weighted by Gasteiger charge is 2.32. The lowest BCUT2D eigenvalue weighted by molar-refractivity contribution is -0.137. The Morgan fingerprint density at radius 1 is 1.07 bits per heavy atom. The van der Waals surface area contributed by atoms with E-state index in [0.29, 0.717) is 22.4 Å². The molecule has 0 aliphatic heterocycles. The number of ether oxygens (including phenoxy) is 1. The molecule has 2 aromatic carbocycles. The van der Waals surface area contributed by atoms with Crippen molar-refractivity contribution in [2.24, 2.45) is 0 Å². The molecule has 4 nitrogen and oxygen atoms in total. The molecule has 0 aliphatic carbocycles. The number of rotatable bonds is 5. The Morgan fingerprint density at radius 2 is 1.79 bits per heavy atom. The minimum atomic E-state index is -4.70. The third kappa shape index (κ3) is 4.67. The minimum absolute atomic E-state index is 0.327. The van der Waals surface area contributed by atoms with Crippen LogP contribution in [0, 0.1) is 11.3 Å². The Hall–Kier alpha value is -3.09. The van der Waals surface area contributed by atoms with Gasteiger partial charge < -0.3 is 4.74 Å². The molecule has 0 fully saturated rings. The maximum absolute atomic E-state index is 12.9. The average Bonchev–Trinajstić information content (AvgIpc) is 3.13. The second-order valence-electron chi connectivity index (χ2n) is 5.71. The highest BCUT2D eigenvalue weighted by atomic mass is 32.2. The first-order chi connectivity index (χ1) is 13.7. The van der Waals surface area contributed by atoms with Crippen LogP contribution in [-0.4, -0.2) is 8.42 Å². The van der Waals surface area contributed by atoms with Gasteiger partial charge in [-0.25, -0.2) is 8.42 Å². The van der Waals surface area contributed by atoms with Gasteiger partial charge in [0, 0.05) is 0 Å². The van der Waals surface area contributed by atoms with Crippen LogP contribution in [0.4, 0.5) is 13.2 Å². The summed E-state index contributed by atoms with van der Waals surface area (Å²) in [5.74, 6) is 0.841. The van der Waals surface area contributed by atoms with Gasteiger partial charge in [-0.2, -0.15) is 18.4 Å². The largest absolute Gasteiger partial charge is 0.456 e. The summed E-state index contributed by atoms with van der Waals surface area (Å²) < 4.78 is 69.9. The van der Waals surface area contributed by atoms with Gasteiger partial charge in [0.05, 0.1) is 15.3 Å². The Kier molecular flexibility index (Phi) is 5.77. The topological polar surface area (TPSA) is 67.2 Å². The molecule has 0 saturated heterocycles. The lowest BCUT2D eigenvalue weighted by atomic mass is 10.2. The van der Waals surface area contributed by atoms with Crippen molar-refractivity contribution >= 4 is 27.3 Å². The number of thiophene rings is 1. The molecule has 3 rings (SSSR count). The van der Waals surface area contributed by atoms with Crippen LogP contribution in [0.2, 0.25) is 0 Å². The van der Waals surface area contributed by atoms with E-state index in [0.717, 1.165) is 35.6 Å². The molecule has 0 N–H and O–H groups in total. The number of alkyl halides is 3. The zero-order chi connectivity index (χ0) is 21.1. The van der Waals surface area contributed by atoms with E-state index in [1.165, 1.54) is 0 Å². The maximum Gasteiger partial charge on any atom is 0.416 e. The molecule has 0 bridgehead atoms. The van der Waals surface area contributed by atoms with Gasteiger partial charge in [0.2, 0.25) is 9.84 Å². The molecule has 0 saturated carbocycles. The zero-order valence-corrected chi connectivity index (χ0v) is 16.2. The van der Waals surface area contributed by atoms with E-state index in [1.54, 1.807) is 47.8 Å². The molecule has 1 aromatic heterocycles. The Balaban J connectivity index is 1.99. The molecule has 0 spiro atoms. The number of sulfone groups is 1. The second kappa shape index (κ2) is 8.11. The summed E-state index contributed by atoms with van der Waals surface area (Å²) in [6.45, 7) is 0. The third-order valence-electron chi connectivity index (χ3n) is 3.76. The monoisotopic (exact) mass is 435 g/mol. The minimum Gasteiger partial charge on any atom is -0.456 e. The maximum atomic E-state index is 12.9. The van der Waals surface area contributed by atoms with E-state index in [4.69, 9.17) is 4.74 Å². The molecule has 0 unspecified atom stereocenters. The van der Waals surface area contributed by atoms with E-state index >= 15 is 0 Å². The van der Waals surface area contributed by atoms with Crippen LogP contribution in [0.25, 0.3) is 6.08 Å². The second-order valence-corrected chi connectivity index (χ2v) is 8.58. The fraction of sp³-hybridized carbons (Fsp3) is 0.0500. The first-order valence-corrected chi connectivity index (χ1v) is 10.4. The van der Waals surface area contributed by atoms with Crippen molar-refractivity contribution in [1.82, 2.24) is 0 Å². The van der Waals surface area contributed by atoms with Gasteiger partial charge >= 0.3 is 6.18 Å². The van der Waals surface area contributed by atoms with Crippen molar-refractivity contribution in [3.63, 3.8) is 0 Å². The molecule has 148 valence electrons. The summed E-state index contributed by atoms with van der Waals surface area (Å²) in [4.78, 5) is -0.944. The number of hydrogen-bond acceptors (Lipinski definition) is 5. The van der Waals surface area contributed by atoms with Crippen molar-refractivity contribution in [1.29, 1.82) is 5.26 Å². The number of nitriles is 1. The molecule has 9 heteroatoms. The van der Waals surface area contributed by atoms with Gasteiger partial charge in [-0.1, -0.05) is 24.3 Å². The standard InChI is InChI=1S/C20H12F3NO3S2/c21-20(22,23)14-5-4-8-16(11-14)29(25,26)17(13-24)12-19-18(9-10-28-19)27-15-6-2-1-3-7-15/h1-12H. The van der Waals surface area contributed by atoms with E-state index in [9.17, 15) is 26.9 Å². The first kappa shape index (κ1) is 20.6. The predicted octanol–water partition coefficient (Wildman–Crippen LogP) is 5.90. The molecule has 0 atom stereocenters.